The maximum atomic E-state index is 12.1. The number of carbonyl (C=O) groups excluding carboxylic acids is 1. The molecule has 0 atom stereocenters. The summed E-state index contributed by atoms with van der Waals surface area (Å²) in [5.41, 5.74) is 3.57. The number of ether oxygens (including phenoxy) is 1. The molecule has 0 aliphatic heterocycles. The minimum Gasteiger partial charge on any atom is -0.497 e. The molecular formula is C24H27N5O2. The number of aryl methyl sites for hydroxylation is 1. The average molecular weight is 418 g/mol. The summed E-state index contributed by atoms with van der Waals surface area (Å²) in [5, 5.41) is 11.9. The number of nitrogens with one attached hydrogen (secondary N) is 1. The van der Waals surface area contributed by atoms with Crippen LogP contribution in [0.5, 0.6) is 5.75 Å². The zero-order valence-corrected chi connectivity index (χ0v) is 18.0. The topological polar surface area (TPSA) is 81.4 Å². The van der Waals surface area contributed by atoms with Crippen molar-refractivity contribution in [3.05, 3.63) is 59.9 Å². The summed E-state index contributed by atoms with van der Waals surface area (Å²) in [6.07, 6.45) is 3.98. The standard InChI is InChI=1S/C24H27N5O2/c1-17-27-28-24-23(26-21-16-20(31-2)12-13-22(21)29(17)24)25-14-8-4-7-11-19(30)15-18-9-5-3-6-10-18/h3,5-6,9-10,12-13,16H,4,7-8,11,14-15H2,1-2H3,(H,25,26). The van der Waals surface area contributed by atoms with E-state index in [9.17, 15) is 4.79 Å². The van der Waals surface area contributed by atoms with Crippen LogP contribution in [0.1, 0.15) is 37.1 Å². The molecule has 31 heavy (non-hydrogen) atoms. The summed E-state index contributed by atoms with van der Waals surface area (Å²) in [7, 11) is 1.65. The van der Waals surface area contributed by atoms with E-state index in [2.05, 4.69) is 15.5 Å². The van der Waals surface area contributed by atoms with Crippen LogP contribution in [0.15, 0.2) is 48.5 Å². The number of rotatable bonds is 10. The number of hydrogen-bond acceptors (Lipinski definition) is 6. The minimum absolute atomic E-state index is 0.296. The van der Waals surface area contributed by atoms with Crippen molar-refractivity contribution >= 4 is 28.3 Å². The molecule has 7 nitrogen and oxygen atoms in total. The van der Waals surface area contributed by atoms with Crippen molar-refractivity contribution in [3.63, 3.8) is 0 Å². The molecule has 0 spiro atoms. The number of unbranched alkanes of at least 4 members (excludes halogenated alkanes) is 2. The third kappa shape index (κ3) is 4.82. The van der Waals surface area contributed by atoms with E-state index in [4.69, 9.17) is 9.72 Å². The van der Waals surface area contributed by atoms with Gasteiger partial charge in [0, 0.05) is 25.5 Å². The van der Waals surface area contributed by atoms with E-state index in [1.165, 1.54) is 0 Å². The number of ketones is 1. The lowest BCUT2D eigenvalue weighted by Crippen LogP contribution is -2.07. The van der Waals surface area contributed by atoms with E-state index >= 15 is 0 Å². The first kappa shape index (κ1) is 20.8. The molecule has 0 aliphatic rings. The summed E-state index contributed by atoms with van der Waals surface area (Å²) >= 11 is 0. The fraction of sp³-hybridized carbons (Fsp3) is 0.333. The van der Waals surface area contributed by atoms with E-state index in [1.807, 2.05) is 59.9 Å². The van der Waals surface area contributed by atoms with E-state index in [0.717, 1.165) is 54.0 Å². The summed E-state index contributed by atoms with van der Waals surface area (Å²) in [5.74, 6) is 2.58. The molecule has 0 bridgehead atoms. The molecule has 2 aromatic heterocycles. The number of anilines is 1. The van der Waals surface area contributed by atoms with Crippen molar-refractivity contribution in [1.82, 2.24) is 19.6 Å². The van der Waals surface area contributed by atoms with E-state index in [0.29, 0.717) is 30.1 Å². The first-order chi connectivity index (χ1) is 15.2. The second kappa shape index (κ2) is 9.55. The molecule has 0 amide bonds. The molecule has 4 rings (SSSR count). The fourth-order valence-electron chi connectivity index (χ4n) is 3.74. The fourth-order valence-corrected chi connectivity index (χ4v) is 3.74. The maximum Gasteiger partial charge on any atom is 0.204 e. The molecule has 2 aromatic carbocycles. The van der Waals surface area contributed by atoms with Crippen molar-refractivity contribution < 1.29 is 9.53 Å². The van der Waals surface area contributed by atoms with Gasteiger partial charge in [0.1, 0.15) is 17.4 Å². The number of methoxy groups -OCH3 is 1. The molecule has 0 unspecified atom stereocenters. The van der Waals surface area contributed by atoms with Gasteiger partial charge in [-0.15, -0.1) is 10.2 Å². The van der Waals surface area contributed by atoms with Crippen LogP contribution in [0, 0.1) is 6.92 Å². The Balaban J connectivity index is 1.33. The monoisotopic (exact) mass is 417 g/mol. The third-order valence-corrected chi connectivity index (χ3v) is 5.36. The summed E-state index contributed by atoms with van der Waals surface area (Å²) < 4.78 is 7.35. The highest BCUT2D eigenvalue weighted by Gasteiger charge is 2.13. The van der Waals surface area contributed by atoms with Crippen LogP contribution in [0.2, 0.25) is 0 Å². The zero-order chi connectivity index (χ0) is 21.6. The van der Waals surface area contributed by atoms with Gasteiger partial charge in [-0.1, -0.05) is 36.8 Å². The highest BCUT2D eigenvalue weighted by molar-refractivity contribution is 5.84. The average Bonchev–Trinajstić information content (AvgIpc) is 3.18. The van der Waals surface area contributed by atoms with E-state index in [-0.39, 0.29) is 0 Å². The van der Waals surface area contributed by atoms with Crippen LogP contribution in [0.4, 0.5) is 5.82 Å². The predicted molar refractivity (Wildman–Crippen MR) is 122 cm³/mol. The number of benzene rings is 2. The number of aromatic nitrogens is 4. The van der Waals surface area contributed by atoms with Gasteiger partial charge in [-0.3, -0.25) is 9.20 Å². The maximum absolute atomic E-state index is 12.1. The lowest BCUT2D eigenvalue weighted by Gasteiger charge is -2.10. The largest absolute Gasteiger partial charge is 0.497 e. The molecule has 4 aromatic rings. The number of hydrogen-bond donors (Lipinski definition) is 1. The van der Waals surface area contributed by atoms with Gasteiger partial charge in [-0.25, -0.2) is 4.98 Å². The smallest absolute Gasteiger partial charge is 0.204 e. The summed E-state index contributed by atoms with van der Waals surface area (Å²) in [4.78, 5) is 16.9. The Labute approximate surface area is 181 Å². The molecule has 2 heterocycles. The molecule has 160 valence electrons. The molecule has 7 heteroatoms. The Kier molecular flexibility index (Phi) is 6.40. The van der Waals surface area contributed by atoms with Crippen LogP contribution in [-0.2, 0) is 11.2 Å². The van der Waals surface area contributed by atoms with Gasteiger partial charge >= 0.3 is 0 Å². The number of carbonyl (C=O) groups is 1. The molecule has 0 saturated heterocycles. The number of Topliss-reactive ketones (excluding diaryl/α,β-unsaturated/α-hetero) is 1. The SMILES string of the molecule is COc1ccc2c(c1)nc(NCCCCCC(=O)Cc1ccccc1)c1nnc(C)n12. The Morgan fingerprint density at radius 1 is 1.06 bits per heavy atom. The van der Waals surface area contributed by atoms with Crippen molar-refractivity contribution in [2.24, 2.45) is 0 Å². The Morgan fingerprint density at radius 2 is 1.90 bits per heavy atom. The van der Waals surface area contributed by atoms with Crippen LogP contribution in [0.25, 0.3) is 16.7 Å². The molecule has 0 aliphatic carbocycles. The molecular weight excluding hydrogens is 390 g/mol. The Bertz CT molecular complexity index is 1190. The Morgan fingerprint density at radius 3 is 2.71 bits per heavy atom. The number of nitrogens with zero attached hydrogens (tertiary/aromatic N) is 4. The van der Waals surface area contributed by atoms with Gasteiger partial charge in [0.2, 0.25) is 5.65 Å². The molecule has 0 fully saturated rings. The van der Waals surface area contributed by atoms with Crippen LogP contribution in [0.3, 0.4) is 0 Å². The molecule has 0 saturated carbocycles. The zero-order valence-electron chi connectivity index (χ0n) is 18.0. The number of fused-ring (bicyclic) bond motifs is 3. The summed E-state index contributed by atoms with van der Waals surface area (Å²) in [6, 6.07) is 15.7. The van der Waals surface area contributed by atoms with Crippen molar-refractivity contribution in [2.45, 2.75) is 39.0 Å². The second-order valence-electron chi connectivity index (χ2n) is 7.66. The molecule has 1 N–H and O–H groups in total. The van der Waals surface area contributed by atoms with Gasteiger partial charge in [0.05, 0.1) is 18.1 Å². The second-order valence-corrected chi connectivity index (χ2v) is 7.66. The van der Waals surface area contributed by atoms with Gasteiger partial charge in [-0.2, -0.15) is 0 Å². The first-order valence-corrected chi connectivity index (χ1v) is 10.6. The van der Waals surface area contributed by atoms with Gasteiger partial charge < -0.3 is 10.1 Å². The lowest BCUT2D eigenvalue weighted by molar-refractivity contribution is -0.118. The first-order valence-electron chi connectivity index (χ1n) is 10.6. The van der Waals surface area contributed by atoms with E-state index in [1.54, 1.807) is 7.11 Å². The molecule has 0 radical (unpaired) electrons. The third-order valence-electron chi connectivity index (χ3n) is 5.36. The normalized spacial score (nSPS) is 11.2. The van der Waals surface area contributed by atoms with Crippen LogP contribution in [-0.4, -0.2) is 39.0 Å². The van der Waals surface area contributed by atoms with Crippen molar-refractivity contribution in [2.75, 3.05) is 19.0 Å². The predicted octanol–water partition coefficient (Wildman–Crippen LogP) is 4.38. The van der Waals surface area contributed by atoms with Gasteiger partial charge in [0.15, 0.2) is 5.82 Å². The Hall–Kier alpha value is -3.48. The highest BCUT2D eigenvalue weighted by Crippen LogP contribution is 2.25. The lowest BCUT2D eigenvalue weighted by atomic mass is 10.0. The van der Waals surface area contributed by atoms with Crippen LogP contribution >= 0.6 is 0 Å². The van der Waals surface area contributed by atoms with Gasteiger partial charge in [-0.05, 0) is 37.5 Å². The van der Waals surface area contributed by atoms with Crippen LogP contribution < -0.4 is 10.1 Å². The van der Waals surface area contributed by atoms with Crippen molar-refractivity contribution in [1.29, 1.82) is 0 Å². The quantitative estimate of drug-likeness (QED) is 0.386. The highest BCUT2D eigenvalue weighted by atomic mass is 16.5. The van der Waals surface area contributed by atoms with Crippen molar-refractivity contribution in [3.8, 4) is 5.75 Å². The minimum atomic E-state index is 0.296. The summed E-state index contributed by atoms with van der Waals surface area (Å²) in [6.45, 7) is 2.69. The van der Waals surface area contributed by atoms with Gasteiger partial charge in [0.25, 0.3) is 0 Å². The van der Waals surface area contributed by atoms with E-state index < -0.39 is 0 Å².